The first-order valence-corrected chi connectivity index (χ1v) is 6.89. The van der Waals surface area contributed by atoms with Crippen molar-refractivity contribution in [1.82, 2.24) is 5.32 Å². The molecule has 3 atom stereocenters. The molecule has 2 saturated heterocycles. The minimum absolute atomic E-state index is 0.0608. The van der Waals surface area contributed by atoms with Crippen LogP contribution in [-0.4, -0.2) is 37.1 Å². The Labute approximate surface area is 119 Å². The Morgan fingerprint density at radius 3 is 2.45 bits per heavy atom. The van der Waals surface area contributed by atoms with Gasteiger partial charge in [0.2, 0.25) is 6.29 Å². The molecule has 2 aliphatic heterocycles. The van der Waals surface area contributed by atoms with Gasteiger partial charge in [-0.1, -0.05) is 34.6 Å². The molecule has 0 spiro atoms. The largest absolute Gasteiger partial charge is 0.463 e. The van der Waals surface area contributed by atoms with E-state index in [9.17, 15) is 9.59 Å². The second-order valence-electron chi connectivity index (χ2n) is 7.25. The standard InChI is InChI=1S/C14H23NO5/c1-13(2,3)8-6-9(20-12(17)15-8)19-10-11(16)18-7-14(10,4)5/h8-10H,6-7H2,1-5H3,(H,15,17)/t8-,9-,10+/m1/s1. The molecule has 0 radical (unpaired) electrons. The molecule has 2 heterocycles. The SMILES string of the molecule is CC(C)(C)[C@H]1C[C@H](O[C@H]2C(=O)OCC2(C)C)OC(=O)N1. The van der Waals surface area contributed by atoms with Crippen LogP contribution in [0.4, 0.5) is 4.79 Å². The molecule has 6 nitrogen and oxygen atoms in total. The second kappa shape index (κ2) is 4.91. The third-order valence-electron chi connectivity index (χ3n) is 3.80. The highest BCUT2D eigenvalue weighted by atomic mass is 16.7. The molecule has 0 aromatic rings. The van der Waals surface area contributed by atoms with E-state index in [0.717, 1.165) is 0 Å². The zero-order chi connectivity index (χ0) is 15.1. The van der Waals surface area contributed by atoms with Gasteiger partial charge < -0.3 is 19.5 Å². The Kier molecular flexibility index (Phi) is 3.71. The van der Waals surface area contributed by atoms with Gasteiger partial charge in [0.25, 0.3) is 0 Å². The van der Waals surface area contributed by atoms with Crippen LogP contribution in [0.5, 0.6) is 0 Å². The van der Waals surface area contributed by atoms with Crippen molar-refractivity contribution >= 4 is 12.1 Å². The predicted octanol–water partition coefficient (Wildman–Crippen LogP) is 1.83. The molecular formula is C14H23NO5. The molecule has 114 valence electrons. The quantitative estimate of drug-likeness (QED) is 0.783. The van der Waals surface area contributed by atoms with Gasteiger partial charge in [-0.3, -0.25) is 0 Å². The minimum Gasteiger partial charge on any atom is -0.463 e. The van der Waals surface area contributed by atoms with Gasteiger partial charge in [0.15, 0.2) is 6.10 Å². The summed E-state index contributed by atoms with van der Waals surface area (Å²) < 4.78 is 15.9. The molecule has 6 heteroatoms. The van der Waals surface area contributed by atoms with Crippen molar-refractivity contribution in [3.63, 3.8) is 0 Å². The minimum atomic E-state index is -0.720. The van der Waals surface area contributed by atoms with Crippen molar-refractivity contribution < 1.29 is 23.8 Å². The number of hydrogen-bond donors (Lipinski definition) is 1. The van der Waals surface area contributed by atoms with Crippen LogP contribution in [0.15, 0.2) is 0 Å². The Bertz CT molecular complexity index is 412. The average Bonchev–Trinajstić information content (AvgIpc) is 2.54. The number of cyclic esters (lactones) is 2. The van der Waals surface area contributed by atoms with Crippen molar-refractivity contribution in [3.8, 4) is 0 Å². The number of rotatable bonds is 2. The molecule has 0 saturated carbocycles. The fraction of sp³-hybridized carbons (Fsp3) is 0.857. The van der Waals surface area contributed by atoms with Crippen molar-refractivity contribution in [2.24, 2.45) is 10.8 Å². The molecule has 0 aromatic heterocycles. The highest BCUT2D eigenvalue weighted by molar-refractivity contribution is 5.78. The number of esters is 1. The summed E-state index contributed by atoms with van der Waals surface area (Å²) in [6.07, 6.45) is -1.41. The van der Waals surface area contributed by atoms with Crippen LogP contribution in [0.1, 0.15) is 41.0 Å². The molecule has 1 N–H and O–H groups in total. The number of carbonyl (C=O) groups excluding carboxylic acids is 2. The Morgan fingerprint density at radius 1 is 1.30 bits per heavy atom. The van der Waals surface area contributed by atoms with Crippen LogP contribution in [0.3, 0.4) is 0 Å². The molecule has 0 unspecified atom stereocenters. The third kappa shape index (κ3) is 3.06. The van der Waals surface area contributed by atoms with E-state index < -0.39 is 29.9 Å². The van der Waals surface area contributed by atoms with E-state index >= 15 is 0 Å². The monoisotopic (exact) mass is 285 g/mol. The lowest BCUT2D eigenvalue weighted by atomic mass is 9.84. The summed E-state index contributed by atoms with van der Waals surface area (Å²) in [4.78, 5) is 23.3. The average molecular weight is 285 g/mol. The van der Waals surface area contributed by atoms with Crippen molar-refractivity contribution in [3.05, 3.63) is 0 Å². The number of ether oxygens (including phenoxy) is 3. The van der Waals surface area contributed by atoms with Crippen LogP contribution in [0.2, 0.25) is 0 Å². The van der Waals surface area contributed by atoms with E-state index in [4.69, 9.17) is 14.2 Å². The van der Waals surface area contributed by atoms with E-state index in [2.05, 4.69) is 5.32 Å². The van der Waals surface area contributed by atoms with Gasteiger partial charge in [0, 0.05) is 17.9 Å². The van der Waals surface area contributed by atoms with Crippen molar-refractivity contribution in [2.45, 2.75) is 59.5 Å². The maximum absolute atomic E-state index is 11.7. The molecular weight excluding hydrogens is 262 g/mol. The van der Waals surface area contributed by atoms with Crippen LogP contribution >= 0.6 is 0 Å². The van der Waals surface area contributed by atoms with Gasteiger partial charge in [-0.05, 0) is 5.41 Å². The summed E-state index contributed by atoms with van der Waals surface area (Å²) in [6.45, 7) is 10.2. The van der Waals surface area contributed by atoms with Gasteiger partial charge in [0.05, 0.1) is 6.61 Å². The van der Waals surface area contributed by atoms with E-state index in [1.54, 1.807) is 0 Å². The topological polar surface area (TPSA) is 73.9 Å². The summed E-state index contributed by atoms with van der Waals surface area (Å²) in [7, 11) is 0. The number of amides is 1. The van der Waals surface area contributed by atoms with Crippen LogP contribution in [-0.2, 0) is 19.0 Å². The van der Waals surface area contributed by atoms with Gasteiger partial charge in [-0.2, -0.15) is 0 Å². The highest BCUT2D eigenvalue weighted by Crippen LogP contribution is 2.34. The zero-order valence-electron chi connectivity index (χ0n) is 12.7. The normalized spacial score (nSPS) is 33.4. The van der Waals surface area contributed by atoms with Gasteiger partial charge in [-0.15, -0.1) is 0 Å². The van der Waals surface area contributed by atoms with Gasteiger partial charge in [-0.25, -0.2) is 9.59 Å². The molecule has 0 aliphatic carbocycles. The maximum Gasteiger partial charge on any atom is 0.409 e. The first kappa shape index (κ1) is 15.1. The lowest BCUT2D eigenvalue weighted by Gasteiger charge is -2.38. The smallest absolute Gasteiger partial charge is 0.409 e. The maximum atomic E-state index is 11.7. The molecule has 1 amide bonds. The van der Waals surface area contributed by atoms with Gasteiger partial charge >= 0.3 is 12.1 Å². The summed E-state index contributed by atoms with van der Waals surface area (Å²) in [5, 5.41) is 2.79. The third-order valence-corrected chi connectivity index (χ3v) is 3.80. The summed E-state index contributed by atoms with van der Waals surface area (Å²) in [5.74, 6) is -0.392. The highest BCUT2D eigenvalue weighted by Gasteiger charge is 2.47. The molecule has 20 heavy (non-hydrogen) atoms. The van der Waals surface area contributed by atoms with Crippen molar-refractivity contribution in [2.75, 3.05) is 6.61 Å². The Hall–Kier alpha value is -1.30. The number of nitrogens with one attached hydrogen (secondary N) is 1. The first-order valence-electron chi connectivity index (χ1n) is 6.89. The second-order valence-corrected chi connectivity index (χ2v) is 7.25. The summed E-state index contributed by atoms with van der Waals surface area (Å²) in [5.41, 5.74) is -0.516. The molecule has 0 aromatic carbocycles. The lowest BCUT2D eigenvalue weighted by Crippen LogP contribution is -2.53. The summed E-state index contributed by atoms with van der Waals surface area (Å²) in [6, 6.07) is -0.0608. The summed E-state index contributed by atoms with van der Waals surface area (Å²) >= 11 is 0. The molecule has 2 aliphatic rings. The number of hydrogen-bond acceptors (Lipinski definition) is 5. The van der Waals surface area contributed by atoms with Gasteiger partial charge in [0.1, 0.15) is 0 Å². The van der Waals surface area contributed by atoms with Crippen LogP contribution in [0, 0.1) is 10.8 Å². The number of alkyl carbamates (subject to hydrolysis) is 1. The molecule has 2 fully saturated rings. The zero-order valence-corrected chi connectivity index (χ0v) is 12.7. The van der Waals surface area contributed by atoms with Crippen LogP contribution in [0.25, 0.3) is 0 Å². The Balaban J connectivity index is 2.05. The van der Waals surface area contributed by atoms with E-state index in [-0.39, 0.29) is 11.5 Å². The van der Waals surface area contributed by atoms with E-state index in [1.165, 1.54) is 0 Å². The van der Waals surface area contributed by atoms with E-state index in [0.29, 0.717) is 13.0 Å². The fourth-order valence-corrected chi connectivity index (χ4v) is 2.37. The van der Waals surface area contributed by atoms with Crippen LogP contribution < -0.4 is 5.32 Å². The molecule has 2 rings (SSSR count). The Morgan fingerprint density at radius 2 is 1.95 bits per heavy atom. The number of carbonyl (C=O) groups is 2. The predicted molar refractivity (Wildman–Crippen MR) is 70.9 cm³/mol. The lowest BCUT2D eigenvalue weighted by molar-refractivity contribution is -0.186. The fourth-order valence-electron chi connectivity index (χ4n) is 2.37. The first-order chi connectivity index (χ1) is 9.09. The van der Waals surface area contributed by atoms with E-state index in [1.807, 2.05) is 34.6 Å². The van der Waals surface area contributed by atoms with Crippen molar-refractivity contribution in [1.29, 1.82) is 0 Å². The molecule has 0 bridgehead atoms.